The van der Waals surface area contributed by atoms with Crippen LogP contribution in [0.25, 0.3) is 0 Å². The zero-order chi connectivity index (χ0) is 24.0. The van der Waals surface area contributed by atoms with E-state index in [1.165, 1.54) is 0 Å². The highest BCUT2D eigenvalue weighted by atomic mass is 16.5. The van der Waals surface area contributed by atoms with Crippen LogP contribution in [0.1, 0.15) is 23.3 Å². The van der Waals surface area contributed by atoms with Crippen LogP contribution in [0.5, 0.6) is 28.7 Å². The second kappa shape index (κ2) is 11.4. The standard InChI is InChI=1S/C25H34O8/c1-26-13-17-18(14-27-2)24(16-11-21(30-5)25(32-7)22(12-16)31-6)33-23(17)15-8-9-19(28-3)20(10-15)29-4/h8-12,17-18,23-24H,13-14H2,1-7H3/t17-,18-,23+,24-/m1/s1. The lowest BCUT2D eigenvalue weighted by Gasteiger charge is -2.24. The van der Waals surface area contributed by atoms with Crippen LogP contribution in [0.4, 0.5) is 0 Å². The normalized spacial score (nSPS) is 22.2. The van der Waals surface area contributed by atoms with Crippen molar-refractivity contribution in [2.24, 2.45) is 11.8 Å². The van der Waals surface area contributed by atoms with Gasteiger partial charge < -0.3 is 37.9 Å². The first-order chi connectivity index (χ1) is 16.1. The Kier molecular flexibility index (Phi) is 8.66. The highest BCUT2D eigenvalue weighted by molar-refractivity contribution is 5.54. The number of hydrogen-bond donors (Lipinski definition) is 0. The minimum absolute atomic E-state index is 0.0239. The molecule has 0 spiro atoms. The molecule has 8 nitrogen and oxygen atoms in total. The Morgan fingerprint density at radius 2 is 1.06 bits per heavy atom. The Morgan fingerprint density at radius 3 is 1.52 bits per heavy atom. The number of methoxy groups -OCH3 is 7. The smallest absolute Gasteiger partial charge is 0.203 e. The fourth-order valence-electron chi connectivity index (χ4n) is 4.56. The Bertz CT molecular complexity index is 890. The van der Waals surface area contributed by atoms with Crippen LogP contribution in [0, 0.1) is 11.8 Å². The van der Waals surface area contributed by atoms with Crippen molar-refractivity contribution in [1.82, 2.24) is 0 Å². The van der Waals surface area contributed by atoms with Crippen LogP contribution >= 0.6 is 0 Å². The predicted molar refractivity (Wildman–Crippen MR) is 123 cm³/mol. The Hall–Kier alpha value is -2.68. The van der Waals surface area contributed by atoms with Crippen molar-refractivity contribution in [3.05, 3.63) is 41.5 Å². The minimum atomic E-state index is -0.281. The molecule has 0 aromatic heterocycles. The van der Waals surface area contributed by atoms with Crippen LogP contribution in [-0.2, 0) is 14.2 Å². The first kappa shape index (κ1) is 25.0. The van der Waals surface area contributed by atoms with Crippen molar-refractivity contribution < 1.29 is 37.9 Å². The van der Waals surface area contributed by atoms with Gasteiger partial charge in [0.25, 0.3) is 0 Å². The summed E-state index contributed by atoms with van der Waals surface area (Å²) in [5.41, 5.74) is 1.89. The largest absolute Gasteiger partial charge is 0.493 e. The van der Waals surface area contributed by atoms with Gasteiger partial charge in [-0.15, -0.1) is 0 Å². The van der Waals surface area contributed by atoms with Gasteiger partial charge in [0.1, 0.15) is 0 Å². The zero-order valence-corrected chi connectivity index (χ0v) is 20.4. The molecule has 0 amide bonds. The SMILES string of the molecule is COC[C@@H]1[C@@H](COC)[C@H](c2ccc(OC)c(OC)c2)O[C@@H]1c1cc(OC)c(OC)c(OC)c1. The summed E-state index contributed by atoms with van der Waals surface area (Å²) < 4.78 is 45.5. The van der Waals surface area contributed by atoms with Crippen LogP contribution in [0.2, 0.25) is 0 Å². The molecule has 4 atom stereocenters. The number of rotatable bonds is 11. The summed E-state index contributed by atoms with van der Waals surface area (Å²) in [7, 11) is 11.4. The molecule has 1 heterocycles. The van der Waals surface area contributed by atoms with Crippen LogP contribution in [0.3, 0.4) is 0 Å². The highest BCUT2D eigenvalue weighted by Crippen LogP contribution is 2.52. The van der Waals surface area contributed by atoms with E-state index in [0.717, 1.165) is 11.1 Å². The van der Waals surface area contributed by atoms with Gasteiger partial charge in [0, 0.05) is 26.1 Å². The fourth-order valence-corrected chi connectivity index (χ4v) is 4.56. The molecule has 1 saturated heterocycles. The minimum Gasteiger partial charge on any atom is -0.493 e. The summed E-state index contributed by atoms with van der Waals surface area (Å²) in [6.45, 7) is 1.01. The van der Waals surface area contributed by atoms with E-state index in [2.05, 4.69) is 0 Å². The summed E-state index contributed by atoms with van der Waals surface area (Å²) in [4.78, 5) is 0. The summed E-state index contributed by atoms with van der Waals surface area (Å²) in [5, 5.41) is 0. The highest BCUT2D eigenvalue weighted by Gasteiger charge is 2.46. The van der Waals surface area contributed by atoms with E-state index in [1.807, 2.05) is 30.3 Å². The van der Waals surface area contributed by atoms with Gasteiger partial charge in [-0.25, -0.2) is 0 Å². The van der Waals surface area contributed by atoms with E-state index in [1.54, 1.807) is 49.8 Å². The third-order valence-electron chi connectivity index (χ3n) is 6.09. The molecule has 0 N–H and O–H groups in total. The quantitative estimate of drug-likeness (QED) is 0.495. The van der Waals surface area contributed by atoms with Gasteiger partial charge in [-0.1, -0.05) is 6.07 Å². The van der Waals surface area contributed by atoms with E-state index in [0.29, 0.717) is 42.0 Å². The third-order valence-corrected chi connectivity index (χ3v) is 6.09. The molecule has 0 radical (unpaired) electrons. The number of benzene rings is 2. The van der Waals surface area contributed by atoms with E-state index in [-0.39, 0.29) is 24.0 Å². The molecule has 8 heteroatoms. The summed E-state index contributed by atoms with van der Waals surface area (Å²) in [5.74, 6) is 3.06. The molecular weight excluding hydrogens is 428 g/mol. The molecule has 1 aliphatic rings. The maximum absolute atomic E-state index is 6.70. The van der Waals surface area contributed by atoms with Crippen molar-refractivity contribution in [3.63, 3.8) is 0 Å². The topological polar surface area (TPSA) is 73.8 Å². The van der Waals surface area contributed by atoms with Crippen molar-refractivity contribution >= 4 is 0 Å². The second-order valence-electron chi connectivity index (χ2n) is 7.79. The van der Waals surface area contributed by atoms with Crippen molar-refractivity contribution in [2.75, 3.05) is 63.0 Å². The van der Waals surface area contributed by atoms with Gasteiger partial charge in [0.2, 0.25) is 5.75 Å². The van der Waals surface area contributed by atoms with Gasteiger partial charge in [0.05, 0.1) is 61.0 Å². The first-order valence-corrected chi connectivity index (χ1v) is 10.7. The van der Waals surface area contributed by atoms with Crippen LogP contribution in [-0.4, -0.2) is 63.0 Å². The summed E-state index contributed by atoms with van der Waals surface area (Å²) in [6, 6.07) is 9.69. The average Bonchev–Trinajstić information content (AvgIpc) is 3.20. The van der Waals surface area contributed by atoms with Crippen molar-refractivity contribution in [1.29, 1.82) is 0 Å². The van der Waals surface area contributed by atoms with Gasteiger partial charge in [-0.3, -0.25) is 0 Å². The first-order valence-electron chi connectivity index (χ1n) is 10.7. The Labute approximate surface area is 195 Å². The molecule has 2 aromatic rings. The molecule has 0 aliphatic carbocycles. The second-order valence-corrected chi connectivity index (χ2v) is 7.79. The number of ether oxygens (including phenoxy) is 8. The molecule has 0 saturated carbocycles. The number of hydrogen-bond acceptors (Lipinski definition) is 8. The molecule has 1 fully saturated rings. The maximum Gasteiger partial charge on any atom is 0.203 e. The average molecular weight is 463 g/mol. The molecule has 33 heavy (non-hydrogen) atoms. The molecule has 3 rings (SSSR count). The van der Waals surface area contributed by atoms with Gasteiger partial charge in [0.15, 0.2) is 23.0 Å². The summed E-state index contributed by atoms with van der Waals surface area (Å²) in [6.07, 6.45) is -0.522. The lowest BCUT2D eigenvalue weighted by atomic mass is 9.83. The van der Waals surface area contributed by atoms with Crippen LogP contribution < -0.4 is 23.7 Å². The molecule has 182 valence electrons. The Balaban J connectivity index is 2.08. The van der Waals surface area contributed by atoms with Crippen LogP contribution in [0.15, 0.2) is 30.3 Å². The van der Waals surface area contributed by atoms with Crippen molar-refractivity contribution in [2.45, 2.75) is 12.2 Å². The lowest BCUT2D eigenvalue weighted by Crippen LogP contribution is -2.25. The zero-order valence-electron chi connectivity index (χ0n) is 20.4. The van der Waals surface area contributed by atoms with Gasteiger partial charge >= 0.3 is 0 Å². The van der Waals surface area contributed by atoms with Crippen molar-refractivity contribution in [3.8, 4) is 28.7 Å². The summed E-state index contributed by atoms with van der Waals surface area (Å²) >= 11 is 0. The van der Waals surface area contributed by atoms with Gasteiger partial charge in [-0.05, 0) is 35.4 Å². The third kappa shape index (κ3) is 4.98. The molecule has 1 aliphatic heterocycles. The molecule has 2 aromatic carbocycles. The predicted octanol–water partition coefficient (Wildman–Crippen LogP) is 4.07. The molecule has 0 unspecified atom stereocenters. The lowest BCUT2D eigenvalue weighted by molar-refractivity contribution is 0.0142. The van der Waals surface area contributed by atoms with E-state index >= 15 is 0 Å². The van der Waals surface area contributed by atoms with E-state index < -0.39 is 0 Å². The molecule has 0 bridgehead atoms. The van der Waals surface area contributed by atoms with E-state index in [4.69, 9.17) is 37.9 Å². The van der Waals surface area contributed by atoms with Gasteiger partial charge in [-0.2, -0.15) is 0 Å². The Morgan fingerprint density at radius 1 is 0.576 bits per heavy atom. The molecular formula is C25H34O8. The maximum atomic E-state index is 6.70. The fraction of sp³-hybridized carbons (Fsp3) is 0.520. The monoisotopic (exact) mass is 462 g/mol. The van der Waals surface area contributed by atoms with E-state index in [9.17, 15) is 0 Å².